The third kappa shape index (κ3) is 3.13. The van der Waals surface area contributed by atoms with Gasteiger partial charge in [0.2, 0.25) is 5.91 Å². The number of aromatic hydroxyl groups is 1. The summed E-state index contributed by atoms with van der Waals surface area (Å²) in [5.74, 6) is 1.93. The van der Waals surface area contributed by atoms with Gasteiger partial charge in [-0.15, -0.1) is 0 Å². The zero-order valence-electron chi connectivity index (χ0n) is 17.4. The summed E-state index contributed by atoms with van der Waals surface area (Å²) in [6.07, 6.45) is 5.05. The molecule has 1 saturated heterocycles. The summed E-state index contributed by atoms with van der Waals surface area (Å²) in [4.78, 5) is 22.1. The Kier molecular flexibility index (Phi) is 4.34. The predicted octanol–water partition coefficient (Wildman–Crippen LogP) is 1.54. The maximum Gasteiger partial charge on any atom is 0.227 e. The van der Waals surface area contributed by atoms with E-state index in [1.807, 2.05) is 27.7 Å². The minimum Gasteiger partial charge on any atom is -0.508 e. The molecule has 3 aromatic rings. The van der Waals surface area contributed by atoms with Crippen molar-refractivity contribution in [3.63, 3.8) is 0 Å². The summed E-state index contributed by atoms with van der Waals surface area (Å²) in [6.45, 7) is 4.33. The number of anilines is 2. The highest BCUT2D eigenvalue weighted by molar-refractivity contribution is 5.95. The summed E-state index contributed by atoms with van der Waals surface area (Å²) in [7, 11) is 0. The van der Waals surface area contributed by atoms with Crippen molar-refractivity contribution in [2.24, 2.45) is 5.92 Å². The monoisotopic (exact) mass is 418 g/mol. The lowest BCUT2D eigenvalue weighted by Crippen LogP contribution is -2.50. The Morgan fingerprint density at radius 2 is 2.03 bits per heavy atom. The fourth-order valence-corrected chi connectivity index (χ4v) is 5.22. The highest BCUT2D eigenvalue weighted by atomic mass is 16.3. The van der Waals surface area contributed by atoms with E-state index in [0.717, 1.165) is 68.2 Å². The molecule has 0 bridgehead atoms. The van der Waals surface area contributed by atoms with Gasteiger partial charge in [0, 0.05) is 62.3 Å². The number of fused-ring (bicyclic) bond motifs is 3. The molecule has 0 atom stereocenters. The van der Waals surface area contributed by atoms with Gasteiger partial charge in [0.1, 0.15) is 11.6 Å². The molecule has 2 aromatic heterocycles. The quantitative estimate of drug-likeness (QED) is 0.671. The number of phenolic OH excluding ortho intramolecular Hbond substituents is 1. The van der Waals surface area contributed by atoms with Gasteiger partial charge in [-0.25, -0.2) is 4.98 Å². The zero-order chi connectivity index (χ0) is 20.9. The van der Waals surface area contributed by atoms with E-state index in [0.29, 0.717) is 18.9 Å². The Labute approximate surface area is 180 Å². The van der Waals surface area contributed by atoms with Crippen LogP contribution in [0.4, 0.5) is 11.5 Å². The van der Waals surface area contributed by atoms with Crippen LogP contribution in [0.25, 0.3) is 5.65 Å². The molecule has 2 N–H and O–H groups in total. The van der Waals surface area contributed by atoms with Gasteiger partial charge in [0.25, 0.3) is 0 Å². The first kappa shape index (κ1) is 18.6. The average Bonchev–Trinajstić information content (AvgIpc) is 3.29. The molecular formula is C23H26N6O2. The highest BCUT2D eigenvalue weighted by Crippen LogP contribution is 2.35. The van der Waals surface area contributed by atoms with Crippen LogP contribution in [0.3, 0.4) is 0 Å². The Hall–Kier alpha value is -3.13. The SMILES string of the molecule is O=C(CC1CN(c2c3c(nc4ccnn24)CCNCC3)C1)N1CCc2cc(O)ccc21. The smallest absolute Gasteiger partial charge is 0.227 e. The number of aromatic nitrogens is 3. The van der Waals surface area contributed by atoms with Gasteiger partial charge >= 0.3 is 0 Å². The lowest BCUT2D eigenvalue weighted by Gasteiger charge is -2.42. The van der Waals surface area contributed by atoms with Gasteiger partial charge in [-0.2, -0.15) is 9.61 Å². The maximum atomic E-state index is 13.0. The Morgan fingerprint density at radius 1 is 1.16 bits per heavy atom. The van der Waals surface area contributed by atoms with Crippen LogP contribution in [0.1, 0.15) is 23.2 Å². The van der Waals surface area contributed by atoms with Gasteiger partial charge in [0.05, 0.1) is 11.9 Å². The van der Waals surface area contributed by atoms with Crippen LogP contribution in [0, 0.1) is 5.92 Å². The van der Waals surface area contributed by atoms with E-state index >= 15 is 0 Å². The van der Waals surface area contributed by atoms with Crippen LogP contribution < -0.4 is 15.1 Å². The molecule has 160 valence electrons. The Morgan fingerprint density at radius 3 is 2.94 bits per heavy atom. The van der Waals surface area contributed by atoms with Crippen molar-refractivity contribution in [1.82, 2.24) is 19.9 Å². The molecule has 0 unspecified atom stereocenters. The fourth-order valence-electron chi connectivity index (χ4n) is 5.22. The second-order valence-electron chi connectivity index (χ2n) is 8.80. The molecule has 0 aliphatic carbocycles. The van der Waals surface area contributed by atoms with Crippen molar-refractivity contribution in [1.29, 1.82) is 0 Å². The number of carbonyl (C=O) groups excluding carboxylic acids is 1. The predicted molar refractivity (Wildman–Crippen MR) is 118 cm³/mol. The number of phenols is 1. The van der Waals surface area contributed by atoms with Gasteiger partial charge in [-0.1, -0.05) is 0 Å². The molecule has 3 aliphatic rings. The number of nitrogens with one attached hydrogen (secondary N) is 1. The van der Waals surface area contributed by atoms with Crippen molar-refractivity contribution < 1.29 is 9.90 Å². The molecule has 3 aliphatic heterocycles. The van der Waals surface area contributed by atoms with E-state index in [1.165, 1.54) is 11.3 Å². The van der Waals surface area contributed by atoms with Gasteiger partial charge in [-0.05, 0) is 43.1 Å². The molecule has 31 heavy (non-hydrogen) atoms. The van der Waals surface area contributed by atoms with Crippen molar-refractivity contribution in [2.75, 3.05) is 42.5 Å². The number of carbonyl (C=O) groups is 1. The number of amides is 1. The number of hydrogen-bond donors (Lipinski definition) is 2. The van der Waals surface area contributed by atoms with Crippen LogP contribution in [0.5, 0.6) is 5.75 Å². The topological polar surface area (TPSA) is 86.0 Å². The largest absolute Gasteiger partial charge is 0.508 e. The van der Waals surface area contributed by atoms with Crippen LogP contribution in [-0.4, -0.2) is 58.3 Å². The van der Waals surface area contributed by atoms with E-state index in [4.69, 9.17) is 4.98 Å². The summed E-state index contributed by atoms with van der Waals surface area (Å²) in [5.41, 5.74) is 5.36. The molecule has 8 heteroatoms. The van der Waals surface area contributed by atoms with E-state index in [2.05, 4.69) is 15.3 Å². The van der Waals surface area contributed by atoms with E-state index in [9.17, 15) is 9.90 Å². The molecule has 5 heterocycles. The van der Waals surface area contributed by atoms with Crippen molar-refractivity contribution in [2.45, 2.75) is 25.7 Å². The summed E-state index contributed by atoms with van der Waals surface area (Å²) in [5, 5.41) is 17.7. The first-order valence-electron chi connectivity index (χ1n) is 11.1. The molecule has 0 spiro atoms. The summed E-state index contributed by atoms with van der Waals surface area (Å²) >= 11 is 0. The van der Waals surface area contributed by atoms with E-state index in [1.54, 1.807) is 12.1 Å². The molecule has 0 radical (unpaired) electrons. The number of hydrogen-bond acceptors (Lipinski definition) is 6. The zero-order valence-corrected chi connectivity index (χ0v) is 17.4. The Bertz CT molecular complexity index is 1170. The molecule has 1 aromatic carbocycles. The van der Waals surface area contributed by atoms with Crippen molar-refractivity contribution in [3.8, 4) is 5.75 Å². The summed E-state index contributed by atoms with van der Waals surface area (Å²) in [6, 6.07) is 7.25. The second-order valence-corrected chi connectivity index (χ2v) is 8.80. The van der Waals surface area contributed by atoms with Gasteiger partial charge in [-0.3, -0.25) is 4.79 Å². The standard InChI is InChI=1S/C23H26N6O2/c30-17-1-2-20-16(12-17)6-10-28(20)22(31)11-15-13-27(14-15)23-18-3-7-24-8-4-19(18)26-21-5-9-25-29(21)23/h1-2,5,9,12,15,24,30H,3-4,6-8,10-11,13-14H2. The molecule has 1 fully saturated rings. The molecule has 8 nitrogen and oxygen atoms in total. The van der Waals surface area contributed by atoms with Gasteiger partial charge < -0.3 is 20.2 Å². The molecule has 6 rings (SSSR count). The lowest BCUT2D eigenvalue weighted by atomic mass is 9.94. The average molecular weight is 419 g/mol. The van der Waals surface area contributed by atoms with E-state index in [-0.39, 0.29) is 11.7 Å². The maximum absolute atomic E-state index is 13.0. The van der Waals surface area contributed by atoms with Crippen molar-refractivity contribution in [3.05, 3.63) is 47.3 Å². The first-order chi connectivity index (χ1) is 15.2. The van der Waals surface area contributed by atoms with Crippen LogP contribution in [-0.2, 0) is 24.1 Å². The number of nitrogens with zero attached hydrogens (tertiary/aromatic N) is 5. The van der Waals surface area contributed by atoms with Crippen LogP contribution in [0.2, 0.25) is 0 Å². The minimum absolute atomic E-state index is 0.177. The van der Waals surface area contributed by atoms with E-state index < -0.39 is 0 Å². The second kappa shape index (κ2) is 7.23. The molecular weight excluding hydrogens is 392 g/mol. The molecule has 1 amide bonds. The third-order valence-corrected chi connectivity index (χ3v) is 6.76. The Balaban J connectivity index is 1.19. The highest BCUT2D eigenvalue weighted by Gasteiger charge is 2.35. The first-order valence-corrected chi connectivity index (χ1v) is 11.1. The number of rotatable bonds is 3. The third-order valence-electron chi connectivity index (χ3n) is 6.76. The van der Waals surface area contributed by atoms with Crippen LogP contribution >= 0.6 is 0 Å². The lowest BCUT2D eigenvalue weighted by molar-refractivity contribution is -0.119. The molecule has 0 saturated carbocycles. The van der Waals surface area contributed by atoms with Gasteiger partial charge in [0.15, 0.2) is 5.65 Å². The summed E-state index contributed by atoms with van der Waals surface area (Å²) < 4.78 is 1.96. The normalized spacial score (nSPS) is 18.6. The van der Waals surface area contributed by atoms with Crippen molar-refractivity contribution >= 4 is 23.1 Å². The number of benzene rings is 1. The van der Waals surface area contributed by atoms with Crippen LogP contribution in [0.15, 0.2) is 30.5 Å². The minimum atomic E-state index is 0.177. The fraction of sp³-hybridized carbons (Fsp3) is 0.435.